The van der Waals surface area contributed by atoms with Gasteiger partial charge in [0.05, 0.1) is 36.5 Å². The van der Waals surface area contributed by atoms with Crippen LogP contribution in [0.5, 0.6) is 11.6 Å². The Bertz CT molecular complexity index is 1950. The number of aliphatic hydroxyl groups excluding tert-OH is 1. The molecule has 52 heavy (non-hydrogen) atoms. The van der Waals surface area contributed by atoms with Crippen LogP contribution in [0.3, 0.4) is 0 Å². The summed E-state index contributed by atoms with van der Waals surface area (Å²) in [6.45, 7) is 4.62. The molecule has 6 rings (SSSR count). The maximum absolute atomic E-state index is 14.7. The number of rotatable bonds is 12. The fourth-order valence-corrected chi connectivity index (χ4v) is 7.07. The van der Waals surface area contributed by atoms with Crippen LogP contribution in [0.4, 0.5) is 10.1 Å². The van der Waals surface area contributed by atoms with E-state index < -0.39 is 18.1 Å². The molecule has 2 amide bonds. The number of anilines is 1. The molecule has 12 nitrogen and oxygen atoms in total. The van der Waals surface area contributed by atoms with Gasteiger partial charge in [-0.05, 0) is 18.6 Å². The van der Waals surface area contributed by atoms with Crippen molar-refractivity contribution in [1.82, 2.24) is 30.1 Å². The predicted octanol–water partition coefficient (Wildman–Crippen LogP) is 5.25. The Balaban J connectivity index is 1.16. The number of pyridine rings is 1. The number of aromatic nitrogens is 3. The summed E-state index contributed by atoms with van der Waals surface area (Å²) in [5.74, 6) is 0.869. The molecule has 3 N–H and O–H groups in total. The van der Waals surface area contributed by atoms with Crippen LogP contribution in [0.25, 0.3) is 22.5 Å². The largest absolute Gasteiger partial charge is 0.496 e. The van der Waals surface area contributed by atoms with Gasteiger partial charge in [0, 0.05) is 104 Å². The number of benzene rings is 2. The summed E-state index contributed by atoms with van der Waals surface area (Å²) in [5.41, 5.74) is 3.70. The van der Waals surface area contributed by atoms with Crippen molar-refractivity contribution in [3.05, 3.63) is 81.7 Å². The second kappa shape index (κ2) is 16.5. The molecular formula is C37H40Cl2FN7O5. The first-order valence-electron chi connectivity index (χ1n) is 16.9. The number of aliphatic hydroxyl groups is 1. The van der Waals surface area contributed by atoms with E-state index in [4.69, 9.17) is 32.7 Å². The Morgan fingerprint density at radius 3 is 2.38 bits per heavy atom. The van der Waals surface area contributed by atoms with Crippen LogP contribution >= 0.6 is 23.2 Å². The van der Waals surface area contributed by atoms with Crippen molar-refractivity contribution in [2.45, 2.75) is 38.6 Å². The highest BCUT2D eigenvalue weighted by Gasteiger charge is 2.30. The lowest BCUT2D eigenvalue weighted by molar-refractivity contribution is -0.131. The highest BCUT2D eigenvalue weighted by molar-refractivity contribution is 6.39. The molecule has 2 saturated heterocycles. The number of hydrogen-bond donors (Lipinski definition) is 3. The number of ether oxygens (including phenoxy) is 2. The van der Waals surface area contributed by atoms with Gasteiger partial charge < -0.3 is 30.1 Å². The Hall–Kier alpha value is -4.40. The van der Waals surface area contributed by atoms with Crippen LogP contribution in [0.1, 0.15) is 35.0 Å². The molecule has 0 radical (unpaired) electrons. The van der Waals surface area contributed by atoms with Crippen LogP contribution in [0, 0.1) is 5.92 Å². The number of alkyl halides is 1. The highest BCUT2D eigenvalue weighted by Crippen LogP contribution is 2.41. The van der Waals surface area contributed by atoms with Crippen molar-refractivity contribution in [1.29, 1.82) is 0 Å². The molecule has 2 aliphatic heterocycles. The van der Waals surface area contributed by atoms with E-state index in [-0.39, 0.29) is 42.2 Å². The van der Waals surface area contributed by atoms with Gasteiger partial charge in [0.25, 0.3) is 5.91 Å². The van der Waals surface area contributed by atoms with E-state index in [2.05, 4.69) is 30.5 Å². The number of carbonyl (C=O) groups is 2. The van der Waals surface area contributed by atoms with Gasteiger partial charge in [0.15, 0.2) is 5.82 Å². The summed E-state index contributed by atoms with van der Waals surface area (Å²) < 4.78 is 25.9. The van der Waals surface area contributed by atoms with Crippen molar-refractivity contribution < 1.29 is 28.6 Å². The minimum absolute atomic E-state index is 0.0490. The number of methoxy groups -OCH3 is 2. The summed E-state index contributed by atoms with van der Waals surface area (Å²) in [6.07, 6.45) is 2.52. The van der Waals surface area contributed by atoms with Crippen LogP contribution in [0.2, 0.25) is 10.0 Å². The number of nitrogens with one attached hydrogen (secondary N) is 2. The van der Waals surface area contributed by atoms with Crippen molar-refractivity contribution in [2.75, 3.05) is 52.3 Å². The molecule has 0 unspecified atom stereocenters. The molecule has 15 heteroatoms. The average molecular weight is 753 g/mol. The van der Waals surface area contributed by atoms with Gasteiger partial charge in [-0.25, -0.2) is 9.37 Å². The molecule has 2 atom stereocenters. The number of nitrogens with zero attached hydrogens (tertiary/aromatic N) is 5. The minimum Gasteiger partial charge on any atom is -0.496 e. The summed E-state index contributed by atoms with van der Waals surface area (Å²) in [6, 6.07) is 11.8. The van der Waals surface area contributed by atoms with Gasteiger partial charge in [0.2, 0.25) is 11.8 Å². The predicted molar refractivity (Wildman–Crippen MR) is 196 cm³/mol. The molecule has 0 spiro atoms. The molecule has 2 aliphatic rings. The van der Waals surface area contributed by atoms with Gasteiger partial charge in [-0.15, -0.1) is 0 Å². The van der Waals surface area contributed by atoms with E-state index in [0.717, 1.165) is 18.7 Å². The summed E-state index contributed by atoms with van der Waals surface area (Å²) >= 11 is 13.9. The lowest BCUT2D eigenvalue weighted by atomic mass is 10.0. The lowest BCUT2D eigenvalue weighted by Gasteiger charge is -2.38. The van der Waals surface area contributed by atoms with E-state index in [1.807, 2.05) is 18.2 Å². The van der Waals surface area contributed by atoms with Gasteiger partial charge in [-0.3, -0.25) is 19.5 Å². The minimum atomic E-state index is -1.20. The molecule has 0 bridgehead atoms. The zero-order chi connectivity index (χ0) is 36.9. The van der Waals surface area contributed by atoms with E-state index in [1.165, 1.54) is 31.2 Å². The summed E-state index contributed by atoms with van der Waals surface area (Å²) in [4.78, 5) is 42.3. The van der Waals surface area contributed by atoms with E-state index >= 15 is 0 Å². The van der Waals surface area contributed by atoms with Crippen molar-refractivity contribution in [3.8, 4) is 34.1 Å². The number of piperidine rings is 1. The van der Waals surface area contributed by atoms with Gasteiger partial charge in [-0.2, -0.15) is 4.98 Å². The van der Waals surface area contributed by atoms with Gasteiger partial charge in [0.1, 0.15) is 17.6 Å². The Morgan fingerprint density at radius 2 is 1.69 bits per heavy atom. The Morgan fingerprint density at radius 1 is 0.981 bits per heavy atom. The summed E-state index contributed by atoms with van der Waals surface area (Å²) in [5, 5.41) is 16.0. The molecule has 2 aromatic carbocycles. The normalized spacial score (nSPS) is 17.8. The van der Waals surface area contributed by atoms with Crippen molar-refractivity contribution in [2.24, 2.45) is 5.92 Å². The third-order valence-corrected chi connectivity index (χ3v) is 10.2. The molecule has 2 aromatic heterocycles. The Labute approximate surface area is 311 Å². The third-order valence-electron chi connectivity index (χ3n) is 9.42. The van der Waals surface area contributed by atoms with Crippen molar-refractivity contribution >= 4 is 40.7 Å². The van der Waals surface area contributed by atoms with E-state index in [1.54, 1.807) is 31.5 Å². The SMILES string of the molecule is COc1cc(C(=O)Nc2cccc(-c3cccc(-c4ncc(CN5CC(CO)C5)c(OC)n4)c3Cl)c2Cl)ncc1CN[C@@H]1CCN(C(C)=O)C[C@@H]1F. The smallest absolute Gasteiger partial charge is 0.274 e. The number of likely N-dealkylation sites (tertiary alicyclic amines) is 2. The molecule has 0 saturated carbocycles. The molecule has 274 valence electrons. The number of carbonyl (C=O) groups excluding carboxylic acids is 2. The van der Waals surface area contributed by atoms with E-state index in [0.29, 0.717) is 69.9 Å². The first kappa shape index (κ1) is 37.4. The zero-order valence-corrected chi connectivity index (χ0v) is 30.5. The van der Waals surface area contributed by atoms with Crippen LogP contribution in [-0.2, 0) is 17.9 Å². The zero-order valence-electron chi connectivity index (χ0n) is 29.0. The first-order chi connectivity index (χ1) is 25.1. The second-order valence-corrected chi connectivity index (χ2v) is 13.7. The Kier molecular flexibility index (Phi) is 11.9. The third kappa shape index (κ3) is 8.13. The van der Waals surface area contributed by atoms with Crippen LogP contribution in [-0.4, -0.2) is 101 Å². The monoisotopic (exact) mass is 751 g/mol. The molecular weight excluding hydrogens is 712 g/mol. The maximum Gasteiger partial charge on any atom is 0.274 e. The first-order valence-corrected chi connectivity index (χ1v) is 17.6. The number of hydrogen-bond acceptors (Lipinski definition) is 10. The van der Waals surface area contributed by atoms with Crippen LogP contribution in [0.15, 0.2) is 54.9 Å². The standard InChI is InChI=1S/C37H40Cl2FN7O5/c1-21(49)47-11-10-29(28(40)19-47)41-13-23-14-42-31(12-32(23)51-2)36(50)44-30-9-5-7-26(34(30)39)25-6-4-8-27(33(25)38)35-43-15-24(37(45-35)52-3)18-46-16-22(17-46)20-48/h4-9,12,14-15,22,28-29,41,48H,10-11,13,16-20H2,1-3H3,(H,44,50)/t28-,29+/m0/s1. The lowest BCUT2D eigenvalue weighted by Crippen LogP contribution is -2.51. The quantitative estimate of drug-likeness (QED) is 0.176. The molecule has 2 fully saturated rings. The second-order valence-electron chi connectivity index (χ2n) is 12.9. The molecule has 4 heterocycles. The van der Waals surface area contributed by atoms with Crippen LogP contribution < -0.4 is 20.1 Å². The van der Waals surface area contributed by atoms with Gasteiger partial charge in [-0.1, -0.05) is 47.5 Å². The maximum atomic E-state index is 14.7. The summed E-state index contributed by atoms with van der Waals surface area (Å²) in [7, 11) is 3.04. The average Bonchev–Trinajstić information content (AvgIpc) is 3.13. The topological polar surface area (TPSA) is 142 Å². The number of amides is 2. The number of halogens is 3. The molecule has 0 aliphatic carbocycles. The van der Waals surface area contributed by atoms with E-state index in [9.17, 15) is 19.1 Å². The fraction of sp³-hybridized carbons (Fsp3) is 0.378. The van der Waals surface area contributed by atoms with Gasteiger partial charge >= 0.3 is 0 Å². The fourth-order valence-electron chi connectivity index (χ4n) is 6.48. The molecule has 4 aromatic rings. The van der Waals surface area contributed by atoms with Crippen molar-refractivity contribution in [3.63, 3.8) is 0 Å². The highest BCUT2D eigenvalue weighted by atomic mass is 35.5.